The van der Waals surface area contributed by atoms with Gasteiger partial charge in [-0.2, -0.15) is 10.2 Å². The van der Waals surface area contributed by atoms with Gasteiger partial charge in [0.2, 0.25) is 5.91 Å². The molecule has 0 saturated carbocycles. The van der Waals surface area contributed by atoms with Crippen LogP contribution in [0.2, 0.25) is 0 Å². The van der Waals surface area contributed by atoms with Crippen molar-refractivity contribution < 1.29 is 4.79 Å². The molecule has 0 bridgehead atoms. The lowest BCUT2D eigenvalue weighted by molar-refractivity contribution is -0.116. The van der Waals surface area contributed by atoms with Crippen molar-refractivity contribution in [1.29, 1.82) is 0 Å². The van der Waals surface area contributed by atoms with Crippen molar-refractivity contribution in [3.8, 4) is 0 Å². The minimum Gasteiger partial charge on any atom is -0.322 e. The molecule has 0 aliphatic carbocycles. The number of fused-ring (bicyclic) bond motifs is 1. The number of hydrogen-bond acceptors (Lipinski definition) is 3. The highest BCUT2D eigenvalue weighted by Gasteiger charge is 2.09. The summed E-state index contributed by atoms with van der Waals surface area (Å²) in [5.74, 6) is -0.120. The van der Waals surface area contributed by atoms with E-state index in [2.05, 4.69) is 45.8 Å². The van der Waals surface area contributed by atoms with Gasteiger partial charge in [-0.15, -0.1) is 0 Å². The van der Waals surface area contributed by atoms with Crippen LogP contribution in [-0.4, -0.2) is 25.5 Å². The van der Waals surface area contributed by atoms with E-state index in [0.29, 0.717) is 12.2 Å². The number of nitrogens with zero attached hydrogens (tertiary/aromatic N) is 4. The van der Waals surface area contributed by atoms with E-state index in [-0.39, 0.29) is 12.5 Å². The number of aromatic nitrogens is 4. The molecule has 2 aromatic carbocycles. The molecule has 2 aromatic heterocycles. The molecular formula is C21H21N5O. The van der Waals surface area contributed by atoms with Crippen LogP contribution in [0.15, 0.2) is 60.9 Å². The van der Waals surface area contributed by atoms with E-state index in [0.717, 1.165) is 11.4 Å². The molecule has 0 aliphatic heterocycles. The fourth-order valence-electron chi connectivity index (χ4n) is 3.29. The first-order valence-electron chi connectivity index (χ1n) is 8.88. The van der Waals surface area contributed by atoms with Crippen molar-refractivity contribution in [3.05, 3.63) is 77.9 Å². The van der Waals surface area contributed by atoms with Crippen LogP contribution in [0.3, 0.4) is 0 Å². The summed E-state index contributed by atoms with van der Waals surface area (Å²) in [6.07, 6.45) is 3.52. The Bertz CT molecular complexity index is 1100. The zero-order chi connectivity index (χ0) is 18.8. The van der Waals surface area contributed by atoms with Gasteiger partial charge >= 0.3 is 0 Å². The summed E-state index contributed by atoms with van der Waals surface area (Å²) in [4.78, 5) is 12.3. The van der Waals surface area contributed by atoms with E-state index >= 15 is 0 Å². The number of carbonyl (C=O) groups excluding carboxylic acids is 1. The van der Waals surface area contributed by atoms with Gasteiger partial charge in [-0.3, -0.25) is 14.2 Å². The van der Waals surface area contributed by atoms with Crippen molar-refractivity contribution in [2.45, 2.75) is 26.9 Å². The third kappa shape index (κ3) is 3.74. The first-order chi connectivity index (χ1) is 13.1. The monoisotopic (exact) mass is 359 g/mol. The summed E-state index contributed by atoms with van der Waals surface area (Å²) in [5, 5.41) is 14.0. The summed E-state index contributed by atoms with van der Waals surface area (Å²) < 4.78 is 3.53. The van der Waals surface area contributed by atoms with E-state index in [1.807, 2.05) is 42.9 Å². The molecule has 1 amide bonds. The molecule has 1 N–H and O–H groups in total. The summed E-state index contributed by atoms with van der Waals surface area (Å²) in [6, 6.07) is 16.5. The predicted octanol–water partition coefficient (Wildman–Crippen LogP) is 3.54. The number of amides is 1. The van der Waals surface area contributed by atoms with Crippen molar-refractivity contribution in [2.24, 2.45) is 0 Å². The lowest BCUT2D eigenvalue weighted by Gasteiger charge is -2.07. The van der Waals surface area contributed by atoms with Crippen LogP contribution in [0.1, 0.15) is 17.0 Å². The van der Waals surface area contributed by atoms with Gasteiger partial charge < -0.3 is 5.32 Å². The van der Waals surface area contributed by atoms with Crippen LogP contribution < -0.4 is 5.32 Å². The largest absolute Gasteiger partial charge is 0.322 e. The zero-order valence-electron chi connectivity index (χ0n) is 15.4. The summed E-state index contributed by atoms with van der Waals surface area (Å²) in [7, 11) is 0. The highest BCUT2D eigenvalue weighted by Crippen LogP contribution is 2.19. The van der Waals surface area contributed by atoms with E-state index in [9.17, 15) is 4.79 Å². The number of anilines is 1. The topological polar surface area (TPSA) is 64.7 Å². The van der Waals surface area contributed by atoms with Crippen LogP contribution in [-0.2, 0) is 17.9 Å². The lowest BCUT2D eigenvalue weighted by Crippen LogP contribution is -2.20. The van der Waals surface area contributed by atoms with Gasteiger partial charge in [-0.1, -0.05) is 42.5 Å². The van der Waals surface area contributed by atoms with Crippen LogP contribution in [0, 0.1) is 13.8 Å². The first kappa shape index (κ1) is 17.0. The van der Waals surface area contributed by atoms with Gasteiger partial charge in [0.05, 0.1) is 24.1 Å². The molecule has 0 saturated heterocycles. The third-order valence-corrected chi connectivity index (χ3v) is 4.53. The van der Waals surface area contributed by atoms with E-state index < -0.39 is 0 Å². The molecule has 136 valence electrons. The van der Waals surface area contributed by atoms with E-state index in [1.165, 1.54) is 16.3 Å². The van der Waals surface area contributed by atoms with Crippen molar-refractivity contribution in [2.75, 3.05) is 5.32 Å². The molecule has 2 heterocycles. The third-order valence-electron chi connectivity index (χ3n) is 4.53. The second kappa shape index (κ2) is 7.07. The number of aryl methyl sites for hydroxylation is 2. The maximum atomic E-state index is 12.3. The highest BCUT2D eigenvalue weighted by molar-refractivity contribution is 5.90. The highest BCUT2D eigenvalue weighted by atomic mass is 16.2. The first-order valence-corrected chi connectivity index (χ1v) is 8.88. The Morgan fingerprint density at radius 2 is 1.93 bits per heavy atom. The Labute approximate surface area is 157 Å². The number of carbonyl (C=O) groups is 1. The smallest absolute Gasteiger partial charge is 0.246 e. The number of nitrogens with one attached hydrogen (secondary N) is 1. The van der Waals surface area contributed by atoms with Gasteiger partial charge in [-0.05, 0) is 36.2 Å². The van der Waals surface area contributed by atoms with E-state index in [4.69, 9.17) is 0 Å². The minimum absolute atomic E-state index is 0.120. The lowest BCUT2D eigenvalue weighted by atomic mass is 10.0. The second-order valence-electron chi connectivity index (χ2n) is 6.70. The molecule has 0 unspecified atom stereocenters. The Hall–Kier alpha value is -3.41. The predicted molar refractivity (Wildman–Crippen MR) is 106 cm³/mol. The maximum absolute atomic E-state index is 12.3. The van der Waals surface area contributed by atoms with E-state index in [1.54, 1.807) is 10.9 Å². The molecule has 4 aromatic rings. The van der Waals surface area contributed by atoms with Gasteiger partial charge in [0, 0.05) is 11.9 Å². The molecule has 0 aliphatic rings. The molecule has 6 heteroatoms. The molecule has 4 rings (SSSR count). The maximum Gasteiger partial charge on any atom is 0.246 e. The molecule has 0 atom stereocenters. The molecular weight excluding hydrogens is 338 g/mol. The second-order valence-corrected chi connectivity index (χ2v) is 6.70. The van der Waals surface area contributed by atoms with Crippen LogP contribution in [0.5, 0.6) is 0 Å². The molecule has 0 spiro atoms. The van der Waals surface area contributed by atoms with Crippen LogP contribution in [0.4, 0.5) is 5.69 Å². The number of benzene rings is 2. The molecule has 0 fully saturated rings. The normalized spacial score (nSPS) is 11.0. The summed E-state index contributed by atoms with van der Waals surface area (Å²) >= 11 is 0. The minimum atomic E-state index is -0.120. The van der Waals surface area contributed by atoms with Crippen LogP contribution in [0.25, 0.3) is 10.8 Å². The number of hydrogen-bond donors (Lipinski definition) is 1. The standard InChI is InChI=1S/C21H21N5O/c1-15-10-16(2)26(24-15)14-21(27)23-19-11-22-25(13-19)12-18-8-5-7-17-6-3-4-9-20(17)18/h3-11,13H,12,14H2,1-2H3,(H,23,27). The average Bonchev–Trinajstić information content (AvgIpc) is 3.21. The van der Waals surface area contributed by atoms with Gasteiger partial charge in [0.1, 0.15) is 6.54 Å². The summed E-state index contributed by atoms with van der Waals surface area (Å²) in [5.41, 5.74) is 3.75. The fourth-order valence-corrected chi connectivity index (χ4v) is 3.29. The molecule has 27 heavy (non-hydrogen) atoms. The van der Waals surface area contributed by atoms with Gasteiger partial charge in [-0.25, -0.2) is 0 Å². The van der Waals surface area contributed by atoms with Gasteiger partial charge in [0.15, 0.2) is 0 Å². The quantitative estimate of drug-likeness (QED) is 0.593. The Kier molecular flexibility index (Phi) is 4.46. The van der Waals surface area contributed by atoms with Crippen molar-refractivity contribution >= 4 is 22.4 Å². The van der Waals surface area contributed by atoms with Crippen LogP contribution >= 0.6 is 0 Å². The van der Waals surface area contributed by atoms with Gasteiger partial charge in [0.25, 0.3) is 0 Å². The Morgan fingerprint density at radius 3 is 2.74 bits per heavy atom. The fraction of sp³-hybridized carbons (Fsp3) is 0.190. The summed E-state index contributed by atoms with van der Waals surface area (Å²) in [6.45, 7) is 4.69. The molecule has 0 radical (unpaired) electrons. The average molecular weight is 359 g/mol. The molecule has 6 nitrogen and oxygen atoms in total. The SMILES string of the molecule is Cc1cc(C)n(CC(=O)Nc2cnn(Cc3cccc4ccccc34)c2)n1. The Balaban J connectivity index is 1.45. The Morgan fingerprint density at radius 1 is 1.11 bits per heavy atom. The zero-order valence-corrected chi connectivity index (χ0v) is 15.4. The van der Waals surface area contributed by atoms with Crippen molar-refractivity contribution in [3.63, 3.8) is 0 Å². The number of rotatable bonds is 5. The van der Waals surface area contributed by atoms with Crippen molar-refractivity contribution in [1.82, 2.24) is 19.6 Å².